The molecule has 178 valence electrons. The molecule has 0 radical (unpaired) electrons. The van der Waals surface area contributed by atoms with Crippen molar-refractivity contribution < 1.29 is 4.74 Å². The number of nitrogens with zero attached hydrogens (tertiary/aromatic N) is 2. The Bertz CT molecular complexity index is 1590. The van der Waals surface area contributed by atoms with Crippen LogP contribution in [0.15, 0.2) is 58.9 Å². The lowest BCUT2D eigenvalue weighted by Crippen LogP contribution is -2.24. The number of hydrogen-bond acceptors (Lipinski definition) is 4. The molecule has 0 saturated heterocycles. The molecule has 0 aliphatic heterocycles. The Labute approximate surface area is 218 Å². The van der Waals surface area contributed by atoms with Crippen molar-refractivity contribution >= 4 is 56.9 Å². The van der Waals surface area contributed by atoms with Crippen molar-refractivity contribution in [1.29, 1.82) is 0 Å². The summed E-state index contributed by atoms with van der Waals surface area (Å²) in [4.78, 5) is 20.6. The van der Waals surface area contributed by atoms with Crippen molar-refractivity contribution in [3.8, 4) is 11.4 Å². The predicted octanol–water partition coefficient (Wildman–Crippen LogP) is 7.85. The zero-order valence-corrected chi connectivity index (χ0v) is 22.2. The van der Waals surface area contributed by atoms with Gasteiger partial charge in [-0.3, -0.25) is 9.36 Å². The molecule has 1 aliphatic rings. The molecule has 0 amide bonds. The minimum absolute atomic E-state index is 0.142. The highest BCUT2D eigenvalue weighted by atomic mass is 35.5. The number of allylic oxidation sites excluding steroid dienone is 2. The maximum atomic E-state index is 13.9. The van der Waals surface area contributed by atoms with Crippen LogP contribution >= 0.6 is 34.5 Å². The quantitative estimate of drug-likeness (QED) is 0.274. The number of para-hydroxylation sites is 1. The van der Waals surface area contributed by atoms with E-state index in [1.165, 1.54) is 4.88 Å². The average Bonchev–Trinajstić information content (AvgIpc) is 3.19. The van der Waals surface area contributed by atoms with Gasteiger partial charge in [-0.25, -0.2) is 4.98 Å². The number of aromatic nitrogens is 2. The van der Waals surface area contributed by atoms with Gasteiger partial charge in [0.05, 0.1) is 23.2 Å². The van der Waals surface area contributed by atoms with Crippen LogP contribution in [0.2, 0.25) is 10.0 Å². The highest BCUT2D eigenvalue weighted by Crippen LogP contribution is 2.46. The molecule has 5 rings (SSSR count). The number of rotatable bonds is 4. The molecule has 7 heteroatoms. The van der Waals surface area contributed by atoms with Crippen LogP contribution in [0.4, 0.5) is 0 Å². The van der Waals surface area contributed by atoms with Gasteiger partial charge in [-0.2, -0.15) is 0 Å². The lowest BCUT2D eigenvalue weighted by Gasteiger charge is -2.29. The van der Waals surface area contributed by atoms with Gasteiger partial charge in [-0.1, -0.05) is 67.4 Å². The van der Waals surface area contributed by atoms with Gasteiger partial charge in [0.25, 0.3) is 5.56 Å². The Balaban J connectivity index is 1.71. The molecule has 0 spiro atoms. The number of benzene rings is 2. The number of halogens is 2. The van der Waals surface area contributed by atoms with E-state index < -0.39 is 0 Å². The summed E-state index contributed by atoms with van der Waals surface area (Å²) in [6, 6.07) is 13.0. The molecular weight excluding hydrogens is 499 g/mol. The largest absolute Gasteiger partial charge is 0.496 e. The van der Waals surface area contributed by atoms with Crippen LogP contribution in [-0.4, -0.2) is 16.7 Å². The van der Waals surface area contributed by atoms with E-state index in [4.69, 9.17) is 32.9 Å². The van der Waals surface area contributed by atoms with Crippen LogP contribution in [0.1, 0.15) is 42.1 Å². The summed E-state index contributed by atoms with van der Waals surface area (Å²) in [6.07, 6.45) is 7.15. The minimum Gasteiger partial charge on any atom is -0.496 e. The SMILES string of the molecule is COc1ccccc1/C=C/C1=Cc2c(sc3nc(C)n(-c4cc(Cl)ccc4Cl)c(=O)c23)C(C)(C)C1. The van der Waals surface area contributed by atoms with Crippen LogP contribution in [0.5, 0.6) is 5.75 Å². The number of ether oxygens (including phenoxy) is 1. The third kappa shape index (κ3) is 4.22. The molecule has 0 N–H and O–H groups in total. The Kier molecular flexibility index (Phi) is 6.12. The molecule has 4 aromatic rings. The van der Waals surface area contributed by atoms with Crippen molar-refractivity contribution in [2.75, 3.05) is 7.11 Å². The molecule has 4 nitrogen and oxygen atoms in total. The van der Waals surface area contributed by atoms with Crippen molar-refractivity contribution in [3.05, 3.63) is 96.3 Å². The summed E-state index contributed by atoms with van der Waals surface area (Å²) in [5.74, 6) is 1.39. The zero-order chi connectivity index (χ0) is 24.9. The Hall–Kier alpha value is -2.86. The van der Waals surface area contributed by atoms with Gasteiger partial charge in [0.15, 0.2) is 0 Å². The second kappa shape index (κ2) is 8.98. The fourth-order valence-corrected chi connectivity index (χ4v) is 6.35. The van der Waals surface area contributed by atoms with Crippen LogP contribution in [0, 0.1) is 6.92 Å². The fourth-order valence-electron chi connectivity index (χ4n) is 4.69. The highest BCUT2D eigenvalue weighted by Gasteiger charge is 2.33. The van der Waals surface area contributed by atoms with Crippen molar-refractivity contribution in [1.82, 2.24) is 9.55 Å². The van der Waals surface area contributed by atoms with Gasteiger partial charge in [0.2, 0.25) is 0 Å². The van der Waals surface area contributed by atoms with Crippen molar-refractivity contribution in [3.63, 3.8) is 0 Å². The standard InChI is InChI=1S/C28H24Cl2N2O2S/c1-16-31-26-24(27(33)32(16)22-14-19(29)11-12-21(22)30)20-13-17(15-28(2,3)25(20)35-26)9-10-18-7-5-6-8-23(18)34-4/h5-14H,15H2,1-4H3/b10-9+. The van der Waals surface area contributed by atoms with E-state index in [9.17, 15) is 4.79 Å². The van der Waals surface area contributed by atoms with E-state index in [0.29, 0.717) is 26.9 Å². The maximum absolute atomic E-state index is 13.9. The second-order valence-corrected chi connectivity index (χ2v) is 11.1. The predicted molar refractivity (Wildman–Crippen MR) is 148 cm³/mol. The van der Waals surface area contributed by atoms with Gasteiger partial charge in [-0.15, -0.1) is 11.3 Å². The molecule has 0 unspecified atom stereocenters. The van der Waals surface area contributed by atoms with Gasteiger partial charge in [0, 0.05) is 26.4 Å². The van der Waals surface area contributed by atoms with E-state index in [1.54, 1.807) is 41.2 Å². The monoisotopic (exact) mass is 522 g/mol. The summed E-state index contributed by atoms with van der Waals surface area (Å²) < 4.78 is 7.05. The van der Waals surface area contributed by atoms with Crippen molar-refractivity contribution in [2.45, 2.75) is 32.6 Å². The lowest BCUT2D eigenvalue weighted by molar-refractivity contribution is 0.414. The van der Waals surface area contributed by atoms with E-state index in [1.807, 2.05) is 31.2 Å². The number of fused-ring (bicyclic) bond motifs is 3. The lowest BCUT2D eigenvalue weighted by atomic mass is 9.77. The molecule has 2 aromatic heterocycles. The Morgan fingerprint density at radius 1 is 1.14 bits per heavy atom. The first-order valence-corrected chi connectivity index (χ1v) is 12.8. The number of aryl methyl sites for hydroxylation is 1. The summed E-state index contributed by atoms with van der Waals surface area (Å²) >= 11 is 14.3. The fraction of sp³-hybridized carbons (Fsp3) is 0.214. The van der Waals surface area contributed by atoms with E-state index in [2.05, 4.69) is 32.1 Å². The molecule has 0 atom stereocenters. The first-order valence-electron chi connectivity index (χ1n) is 11.2. The summed E-state index contributed by atoms with van der Waals surface area (Å²) in [5.41, 5.74) is 3.33. The Morgan fingerprint density at radius 3 is 2.69 bits per heavy atom. The van der Waals surface area contributed by atoms with Crippen LogP contribution in [0.3, 0.4) is 0 Å². The van der Waals surface area contributed by atoms with Gasteiger partial charge < -0.3 is 4.74 Å². The number of hydrogen-bond donors (Lipinski definition) is 0. The normalized spacial score (nSPS) is 14.9. The van der Waals surface area contributed by atoms with Crippen LogP contribution < -0.4 is 10.3 Å². The van der Waals surface area contributed by atoms with Gasteiger partial charge in [-0.05, 0) is 49.3 Å². The number of thiophene rings is 1. The van der Waals surface area contributed by atoms with Gasteiger partial charge >= 0.3 is 0 Å². The molecule has 2 aromatic carbocycles. The summed E-state index contributed by atoms with van der Waals surface area (Å²) in [6.45, 7) is 6.24. The smallest absolute Gasteiger partial charge is 0.267 e. The molecule has 35 heavy (non-hydrogen) atoms. The Morgan fingerprint density at radius 2 is 1.91 bits per heavy atom. The van der Waals surface area contributed by atoms with E-state index in [0.717, 1.165) is 33.7 Å². The van der Waals surface area contributed by atoms with Crippen LogP contribution in [-0.2, 0) is 5.41 Å². The average molecular weight is 523 g/mol. The molecule has 0 fully saturated rings. The van der Waals surface area contributed by atoms with E-state index >= 15 is 0 Å². The third-order valence-corrected chi connectivity index (χ3v) is 8.31. The second-order valence-electron chi connectivity index (χ2n) is 9.28. The highest BCUT2D eigenvalue weighted by molar-refractivity contribution is 7.19. The minimum atomic E-state index is -0.144. The topological polar surface area (TPSA) is 44.1 Å². The summed E-state index contributed by atoms with van der Waals surface area (Å²) in [7, 11) is 1.67. The molecule has 0 bridgehead atoms. The first-order chi connectivity index (χ1) is 16.7. The molecule has 0 saturated carbocycles. The summed E-state index contributed by atoms with van der Waals surface area (Å²) in [5, 5.41) is 1.57. The first kappa shape index (κ1) is 23.9. The zero-order valence-electron chi connectivity index (χ0n) is 19.9. The third-order valence-electron chi connectivity index (χ3n) is 6.29. The number of methoxy groups -OCH3 is 1. The van der Waals surface area contributed by atoms with Crippen LogP contribution in [0.25, 0.3) is 28.1 Å². The molecule has 2 heterocycles. The molecular formula is C28H24Cl2N2O2S. The molecule has 1 aliphatic carbocycles. The van der Waals surface area contributed by atoms with Gasteiger partial charge in [0.1, 0.15) is 16.4 Å². The maximum Gasteiger partial charge on any atom is 0.267 e. The van der Waals surface area contributed by atoms with E-state index in [-0.39, 0.29) is 11.0 Å². The van der Waals surface area contributed by atoms with Crippen molar-refractivity contribution in [2.24, 2.45) is 0 Å².